The Morgan fingerprint density at radius 3 is 2.90 bits per heavy atom. The first-order chi connectivity index (χ1) is 9.58. The van der Waals surface area contributed by atoms with E-state index in [1.165, 1.54) is 18.4 Å². The molecule has 0 bridgehead atoms. The van der Waals surface area contributed by atoms with Crippen molar-refractivity contribution in [3.63, 3.8) is 0 Å². The molecule has 2 unspecified atom stereocenters. The first-order valence-electron chi connectivity index (χ1n) is 7.65. The molecule has 1 aliphatic heterocycles. The second-order valence-electron chi connectivity index (χ2n) is 6.24. The summed E-state index contributed by atoms with van der Waals surface area (Å²) in [5.41, 5.74) is 1.30. The van der Waals surface area contributed by atoms with Crippen LogP contribution < -0.4 is 5.32 Å². The molecule has 1 aromatic rings. The predicted octanol–water partition coefficient (Wildman–Crippen LogP) is 3.44. The molecule has 0 aliphatic carbocycles. The highest BCUT2D eigenvalue weighted by Crippen LogP contribution is 2.20. The molecule has 0 spiro atoms. The minimum Gasteiger partial charge on any atom is -0.311 e. The van der Waals surface area contributed by atoms with E-state index >= 15 is 0 Å². The number of hydrogen-bond donors (Lipinski definition) is 1. The van der Waals surface area contributed by atoms with Crippen molar-refractivity contribution in [3.8, 4) is 0 Å². The fourth-order valence-corrected chi connectivity index (χ4v) is 3.36. The van der Waals surface area contributed by atoms with Crippen molar-refractivity contribution < 1.29 is 0 Å². The van der Waals surface area contributed by atoms with E-state index in [9.17, 15) is 0 Å². The van der Waals surface area contributed by atoms with E-state index in [0.717, 1.165) is 30.0 Å². The van der Waals surface area contributed by atoms with Gasteiger partial charge in [0, 0.05) is 48.6 Å². The molecular weight excluding hydrogens is 314 g/mol. The Morgan fingerprint density at radius 1 is 1.45 bits per heavy atom. The highest BCUT2D eigenvalue weighted by atomic mass is 79.9. The van der Waals surface area contributed by atoms with E-state index in [1.54, 1.807) is 0 Å². The lowest BCUT2D eigenvalue weighted by Crippen LogP contribution is -2.56. The van der Waals surface area contributed by atoms with Gasteiger partial charge in [0.05, 0.1) is 0 Å². The molecule has 0 radical (unpaired) electrons. The third-order valence-electron chi connectivity index (χ3n) is 4.00. The van der Waals surface area contributed by atoms with Crippen molar-refractivity contribution in [1.29, 1.82) is 0 Å². The maximum Gasteiger partial charge on any atom is 0.0410 e. The van der Waals surface area contributed by atoms with E-state index < -0.39 is 0 Å². The van der Waals surface area contributed by atoms with Crippen LogP contribution >= 0.6 is 15.9 Å². The average molecular weight is 340 g/mol. The van der Waals surface area contributed by atoms with Crippen molar-refractivity contribution >= 4 is 15.9 Å². The highest BCUT2D eigenvalue weighted by molar-refractivity contribution is 9.10. The van der Waals surface area contributed by atoms with Crippen LogP contribution in [0.1, 0.15) is 39.2 Å². The van der Waals surface area contributed by atoms with Crippen LogP contribution in [0, 0.1) is 5.92 Å². The molecule has 1 N–H and O–H groups in total. The Kier molecular flexibility index (Phi) is 6.00. The minimum absolute atomic E-state index is 0.624. The van der Waals surface area contributed by atoms with Gasteiger partial charge < -0.3 is 5.32 Å². The molecule has 20 heavy (non-hydrogen) atoms. The number of rotatable bonds is 5. The van der Waals surface area contributed by atoms with E-state index in [2.05, 4.69) is 58.0 Å². The molecule has 0 saturated carbocycles. The Morgan fingerprint density at radius 2 is 2.25 bits per heavy atom. The van der Waals surface area contributed by atoms with E-state index in [0.29, 0.717) is 12.1 Å². The summed E-state index contributed by atoms with van der Waals surface area (Å²) in [5, 5.41) is 3.68. The molecule has 112 valence electrons. The lowest BCUT2D eigenvalue weighted by molar-refractivity contribution is 0.105. The number of nitrogens with one attached hydrogen (secondary N) is 1. The number of pyridine rings is 1. The summed E-state index contributed by atoms with van der Waals surface area (Å²) in [4.78, 5) is 6.92. The third kappa shape index (κ3) is 4.54. The lowest BCUT2D eigenvalue weighted by atomic mass is 9.98. The van der Waals surface area contributed by atoms with Crippen molar-refractivity contribution in [1.82, 2.24) is 15.2 Å². The standard InChI is InChI=1S/C16H26BrN3/c1-4-15-11-20(16(9-19-15)5-12(2)3)10-13-6-14(17)8-18-7-13/h6-8,12,15-16,19H,4-5,9-11H2,1-3H3. The minimum atomic E-state index is 0.624. The summed E-state index contributed by atoms with van der Waals surface area (Å²) in [7, 11) is 0. The molecule has 2 rings (SSSR count). The zero-order valence-corrected chi connectivity index (χ0v) is 14.4. The second-order valence-corrected chi connectivity index (χ2v) is 7.15. The van der Waals surface area contributed by atoms with Crippen LogP contribution in [0.15, 0.2) is 22.9 Å². The van der Waals surface area contributed by atoms with Crippen LogP contribution in [0.5, 0.6) is 0 Å². The Bertz CT molecular complexity index is 422. The summed E-state index contributed by atoms with van der Waals surface area (Å²) in [6, 6.07) is 3.44. The summed E-state index contributed by atoms with van der Waals surface area (Å²) >= 11 is 3.51. The van der Waals surface area contributed by atoms with Crippen LogP contribution in [0.25, 0.3) is 0 Å². The molecule has 2 heterocycles. The van der Waals surface area contributed by atoms with E-state index in [-0.39, 0.29) is 0 Å². The molecule has 0 amide bonds. The fraction of sp³-hybridized carbons (Fsp3) is 0.688. The SMILES string of the molecule is CCC1CN(Cc2cncc(Br)c2)C(CC(C)C)CN1. The summed E-state index contributed by atoms with van der Waals surface area (Å²) in [5.74, 6) is 0.739. The summed E-state index contributed by atoms with van der Waals surface area (Å²) in [6.45, 7) is 10.1. The number of hydrogen-bond acceptors (Lipinski definition) is 3. The zero-order valence-electron chi connectivity index (χ0n) is 12.8. The van der Waals surface area contributed by atoms with Gasteiger partial charge in [0.15, 0.2) is 0 Å². The van der Waals surface area contributed by atoms with Crippen LogP contribution in [0.2, 0.25) is 0 Å². The molecule has 4 heteroatoms. The largest absolute Gasteiger partial charge is 0.311 e. The van der Waals surface area contributed by atoms with Crippen LogP contribution in [-0.2, 0) is 6.54 Å². The van der Waals surface area contributed by atoms with Gasteiger partial charge in [-0.05, 0) is 46.3 Å². The van der Waals surface area contributed by atoms with Crippen molar-refractivity contribution in [2.75, 3.05) is 13.1 Å². The monoisotopic (exact) mass is 339 g/mol. The average Bonchev–Trinajstić information content (AvgIpc) is 2.40. The van der Waals surface area contributed by atoms with Gasteiger partial charge in [-0.2, -0.15) is 0 Å². The molecule has 2 atom stereocenters. The van der Waals surface area contributed by atoms with Gasteiger partial charge in [0.1, 0.15) is 0 Å². The topological polar surface area (TPSA) is 28.2 Å². The van der Waals surface area contributed by atoms with Crippen LogP contribution in [0.3, 0.4) is 0 Å². The summed E-state index contributed by atoms with van der Waals surface area (Å²) in [6.07, 6.45) is 6.29. The fourth-order valence-electron chi connectivity index (χ4n) is 2.95. The van der Waals surface area contributed by atoms with Crippen molar-refractivity contribution in [2.24, 2.45) is 5.92 Å². The maximum absolute atomic E-state index is 4.29. The van der Waals surface area contributed by atoms with Crippen LogP contribution in [-0.4, -0.2) is 35.1 Å². The van der Waals surface area contributed by atoms with E-state index in [1.807, 2.05) is 12.4 Å². The first-order valence-corrected chi connectivity index (χ1v) is 8.44. The number of halogens is 1. The lowest BCUT2D eigenvalue weighted by Gasteiger charge is -2.41. The molecular formula is C16H26BrN3. The van der Waals surface area contributed by atoms with Gasteiger partial charge in [-0.1, -0.05) is 20.8 Å². The predicted molar refractivity (Wildman–Crippen MR) is 87.7 cm³/mol. The molecule has 0 aromatic carbocycles. The van der Waals surface area contributed by atoms with Gasteiger partial charge >= 0.3 is 0 Å². The number of nitrogens with zero attached hydrogens (tertiary/aromatic N) is 2. The Balaban J connectivity index is 2.06. The Labute approximate surface area is 131 Å². The van der Waals surface area contributed by atoms with Crippen LogP contribution in [0.4, 0.5) is 0 Å². The first kappa shape index (κ1) is 15.9. The van der Waals surface area contributed by atoms with Gasteiger partial charge in [-0.25, -0.2) is 0 Å². The normalized spacial score (nSPS) is 24.2. The highest BCUT2D eigenvalue weighted by Gasteiger charge is 2.27. The van der Waals surface area contributed by atoms with Gasteiger partial charge in [-0.3, -0.25) is 9.88 Å². The second kappa shape index (κ2) is 7.53. The van der Waals surface area contributed by atoms with Crippen molar-refractivity contribution in [3.05, 3.63) is 28.5 Å². The van der Waals surface area contributed by atoms with Gasteiger partial charge in [0.25, 0.3) is 0 Å². The molecule has 1 fully saturated rings. The molecule has 1 saturated heterocycles. The van der Waals surface area contributed by atoms with Gasteiger partial charge in [0.2, 0.25) is 0 Å². The molecule has 1 aliphatic rings. The smallest absolute Gasteiger partial charge is 0.0410 e. The Hall–Kier alpha value is -0.450. The van der Waals surface area contributed by atoms with E-state index in [4.69, 9.17) is 0 Å². The molecule has 3 nitrogen and oxygen atoms in total. The third-order valence-corrected chi connectivity index (χ3v) is 4.43. The summed E-state index contributed by atoms with van der Waals surface area (Å²) < 4.78 is 1.07. The van der Waals surface area contributed by atoms with Crippen molar-refractivity contribution in [2.45, 2.75) is 52.2 Å². The zero-order chi connectivity index (χ0) is 14.5. The maximum atomic E-state index is 4.29. The number of piperazine rings is 1. The molecule has 1 aromatic heterocycles. The quantitative estimate of drug-likeness (QED) is 0.890. The van der Waals surface area contributed by atoms with Gasteiger partial charge in [-0.15, -0.1) is 0 Å². The number of aromatic nitrogens is 1.